The van der Waals surface area contributed by atoms with E-state index in [9.17, 15) is 9.59 Å². The summed E-state index contributed by atoms with van der Waals surface area (Å²) in [5.74, 6) is 0.601. The molecule has 0 aromatic heterocycles. The smallest absolute Gasteiger partial charge is 0.490 e. The lowest BCUT2D eigenvalue weighted by Crippen LogP contribution is -2.12. The molecule has 0 heterocycles. The van der Waals surface area contributed by atoms with Gasteiger partial charge in [0.2, 0.25) is 0 Å². The normalized spacial score (nSPS) is 10.1. The van der Waals surface area contributed by atoms with Crippen LogP contribution in [0.3, 0.4) is 0 Å². The molecule has 0 amide bonds. The number of hydrogen-bond acceptors (Lipinski definition) is 6. The molecule has 0 fully saturated rings. The third-order valence-corrected chi connectivity index (χ3v) is 3.36. The molecule has 138 valence electrons. The van der Waals surface area contributed by atoms with Gasteiger partial charge in [-0.3, -0.25) is 0 Å². The number of para-hydroxylation sites is 2. The zero-order chi connectivity index (χ0) is 18.8. The first-order chi connectivity index (χ1) is 12.6. The third-order valence-electron chi connectivity index (χ3n) is 3.36. The van der Waals surface area contributed by atoms with Crippen LogP contribution < -0.4 is 14.2 Å². The summed E-state index contributed by atoms with van der Waals surface area (Å²) >= 11 is 0. The van der Waals surface area contributed by atoms with Gasteiger partial charge < -0.3 is 18.9 Å². The highest BCUT2D eigenvalue weighted by molar-refractivity contribution is 5.91. The maximum Gasteiger partial charge on any atom is 0.513 e. The van der Waals surface area contributed by atoms with E-state index >= 15 is 0 Å². The first-order valence-corrected chi connectivity index (χ1v) is 8.52. The highest BCUT2D eigenvalue weighted by atomic mass is 16.7. The minimum atomic E-state index is -0.764. The number of benzene rings is 2. The van der Waals surface area contributed by atoms with Crippen molar-refractivity contribution in [2.75, 3.05) is 13.2 Å². The Hall–Kier alpha value is -3.02. The standard InChI is InChI=1S/C20H22O6/c1-3-5-14-24-20(22)25-16-12-10-15(11-13-16)19(21)26-18-9-7-6-8-17(18)23-4-2/h6-13H,3-5,14H2,1-2H3. The van der Waals surface area contributed by atoms with Crippen molar-refractivity contribution >= 4 is 12.1 Å². The molecule has 26 heavy (non-hydrogen) atoms. The van der Waals surface area contributed by atoms with Gasteiger partial charge in [-0.25, -0.2) is 9.59 Å². The Morgan fingerprint density at radius 3 is 2.23 bits per heavy atom. The number of esters is 1. The molecule has 6 heteroatoms. The highest BCUT2D eigenvalue weighted by Crippen LogP contribution is 2.27. The second-order valence-corrected chi connectivity index (χ2v) is 5.35. The number of unbranched alkanes of at least 4 members (excludes halogenated alkanes) is 1. The minimum absolute atomic E-state index is 0.290. The summed E-state index contributed by atoms with van der Waals surface area (Å²) in [4.78, 5) is 23.8. The number of ether oxygens (including phenoxy) is 4. The zero-order valence-corrected chi connectivity index (χ0v) is 14.9. The second kappa shape index (κ2) is 10.1. The fourth-order valence-corrected chi connectivity index (χ4v) is 2.05. The van der Waals surface area contributed by atoms with Gasteiger partial charge in [0.05, 0.1) is 18.8 Å². The molecule has 0 N–H and O–H groups in total. The van der Waals surface area contributed by atoms with Crippen LogP contribution in [0.5, 0.6) is 17.2 Å². The highest BCUT2D eigenvalue weighted by Gasteiger charge is 2.13. The molecule has 2 rings (SSSR count). The summed E-state index contributed by atoms with van der Waals surface area (Å²) in [6.07, 6.45) is 0.944. The van der Waals surface area contributed by atoms with Gasteiger partial charge in [0.15, 0.2) is 11.5 Å². The topological polar surface area (TPSA) is 71.1 Å². The van der Waals surface area contributed by atoms with Crippen molar-refractivity contribution in [3.8, 4) is 17.2 Å². The molecule has 0 radical (unpaired) electrons. The number of carbonyl (C=O) groups is 2. The summed E-state index contributed by atoms with van der Waals surface area (Å²) in [7, 11) is 0. The SMILES string of the molecule is CCCCOC(=O)Oc1ccc(C(=O)Oc2ccccc2OCC)cc1. The molecule has 0 saturated carbocycles. The van der Waals surface area contributed by atoms with Crippen LogP contribution in [-0.4, -0.2) is 25.3 Å². The van der Waals surface area contributed by atoms with Crippen molar-refractivity contribution in [3.05, 3.63) is 54.1 Å². The monoisotopic (exact) mass is 358 g/mol. The van der Waals surface area contributed by atoms with Crippen LogP contribution in [0, 0.1) is 0 Å². The van der Waals surface area contributed by atoms with Crippen LogP contribution in [-0.2, 0) is 4.74 Å². The van der Waals surface area contributed by atoms with Crippen molar-refractivity contribution in [1.29, 1.82) is 0 Å². The average Bonchev–Trinajstić information content (AvgIpc) is 2.64. The Kier molecular flexibility index (Phi) is 7.49. The van der Waals surface area contributed by atoms with E-state index in [1.54, 1.807) is 24.3 Å². The van der Waals surface area contributed by atoms with E-state index in [4.69, 9.17) is 18.9 Å². The van der Waals surface area contributed by atoms with E-state index < -0.39 is 12.1 Å². The van der Waals surface area contributed by atoms with Crippen molar-refractivity contribution < 1.29 is 28.5 Å². The number of hydrogen-bond donors (Lipinski definition) is 0. The molecule has 0 atom stereocenters. The molecule has 6 nitrogen and oxygen atoms in total. The van der Waals surface area contributed by atoms with Crippen LogP contribution >= 0.6 is 0 Å². The van der Waals surface area contributed by atoms with Crippen LogP contribution in [0.15, 0.2) is 48.5 Å². The zero-order valence-electron chi connectivity index (χ0n) is 14.9. The van der Waals surface area contributed by atoms with Gasteiger partial charge in [-0.05, 0) is 49.7 Å². The number of rotatable bonds is 8. The van der Waals surface area contributed by atoms with E-state index in [0.717, 1.165) is 12.8 Å². The molecular weight excluding hydrogens is 336 g/mol. The summed E-state index contributed by atoms with van der Waals surface area (Å²) in [5, 5.41) is 0. The molecule has 2 aromatic rings. The Morgan fingerprint density at radius 2 is 1.58 bits per heavy atom. The van der Waals surface area contributed by atoms with Gasteiger partial charge in [-0.15, -0.1) is 0 Å². The predicted octanol–water partition coefficient (Wildman–Crippen LogP) is 4.62. The Labute approximate surface area is 152 Å². The fraction of sp³-hybridized carbons (Fsp3) is 0.300. The van der Waals surface area contributed by atoms with E-state index in [1.165, 1.54) is 24.3 Å². The summed E-state index contributed by atoms with van der Waals surface area (Å²) in [6, 6.07) is 13.0. The third kappa shape index (κ3) is 5.81. The molecule has 0 aliphatic rings. The molecule has 0 saturated heterocycles. The average molecular weight is 358 g/mol. The first-order valence-electron chi connectivity index (χ1n) is 8.52. The van der Waals surface area contributed by atoms with Gasteiger partial charge >= 0.3 is 12.1 Å². The van der Waals surface area contributed by atoms with Gasteiger partial charge in [0.25, 0.3) is 0 Å². The quantitative estimate of drug-likeness (QED) is 0.297. The van der Waals surface area contributed by atoms with Crippen LogP contribution in [0.2, 0.25) is 0 Å². The van der Waals surface area contributed by atoms with Crippen molar-refractivity contribution in [1.82, 2.24) is 0 Å². The van der Waals surface area contributed by atoms with Gasteiger partial charge in [0.1, 0.15) is 5.75 Å². The van der Waals surface area contributed by atoms with E-state index in [-0.39, 0.29) is 5.75 Å². The molecule has 0 unspecified atom stereocenters. The molecule has 0 bridgehead atoms. The Bertz CT molecular complexity index is 723. The first kappa shape index (κ1) is 19.3. The van der Waals surface area contributed by atoms with E-state index in [0.29, 0.717) is 30.3 Å². The van der Waals surface area contributed by atoms with Crippen LogP contribution in [0.25, 0.3) is 0 Å². The van der Waals surface area contributed by atoms with E-state index in [2.05, 4.69) is 0 Å². The molecule has 0 aliphatic carbocycles. The molecule has 0 spiro atoms. The van der Waals surface area contributed by atoms with Gasteiger partial charge in [0, 0.05) is 0 Å². The fourth-order valence-electron chi connectivity index (χ4n) is 2.05. The summed E-state index contributed by atoms with van der Waals surface area (Å²) in [6.45, 7) is 4.64. The van der Waals surface area contributed by atoms with Crippen molar-refractivity contribution in [2.24, 2.45) is 0 Å². The maximum atomic E-state index is 12.3. The van der Waals surface area contributed by atoms with Crippen LogP contribution in [0.1, 0.15) is 37.0 Å². The lowest BCUT2D eigenvalue weighted by Gasteiger charge is -2.10. The Balaban J connectivity index is 1.95. The van der Waals surface area contributed by atoms with E-state index in [1.807, 2.05) is 13.8 Å². The second-order valence-electron chi connectivity index (χ2n) is 5.35. The summed E-state index contributed by atoms with van der Waals surface area (Å²) < 4.78 is 20.7. The number of carbonyl (C=O) groups excluding carboxylic acids is 2. The van der Waals surface area contributed by atoms with Crippen molar-refractivity contribution in [2.45, 2.75) is 26.7 Å². The lowest BCUT2D eigenvalue weighted by molar-refractivity contribution is 0.0728. The summed E-state index contributed by atoms with van der Waals surface area (Å²) in [5.41, 5.74) is 0.322. The molecule has 0 aliphatic heterocycles. The lowest BCUT2D eigenvalue weighted by atomic mass is 10.2. The van der Waals surface area contributed by atoms with Crippen molar-refractivity contribution in [3.63, 3.8) is 0 Å². The minimum Gasteiger partial charge on any atom is -0.490 e. The largest absolute Gasteiger partial charge is 0.513 e. The Morgan fingerprint density at radius 1 is 0.885 bits per heavy atom. The van der Waals surface area contributed by atoms with Gasteiger partial charge in [-0.1, -0.05) is 25.5 Å². The predicted molar refractivity (Wildman–Crippen MR) is 95.9 cm³/mol. The maximum absolute atomic E-state index is 12.3. The van der Waals surface area contributed by atoms with Crippen LogP contribution in [0.4, 0.5) is 4.79 Å². The van der Waals surface area contributed by atoms with Gasteiger partial charge in [-0.2, -0.15) is 0 Å². The molecular formula is C20H22O6. The molecule has 2 aromatic carbocycles.